The Bertz CT molecular complexity index is 1370. The number of benzene rings is 1. The van der Waals surface area contributed by atoms with E-state index in [1.165, 1.54) is 12.4 Å². The molecule has 0 radical (unpaired) electrons. The minimum atomic E-state index is -0.725. The molecule has 14 nitrogen and oxygen atoms in total. The first-order chi connectivity index (χ1) is 21.2. The highest BCUT2D eigenvalue weighted by Gasteiger charge is 2.17. The molecule has 0 aliphatic carbocycles. The summed E-state index contributed by atoms with van der Waals surface area (Å²) in [5, 5.41) is 8.46. The molecule has 0 bridgehead atoms. The molecule has 0 saturated heterocycles. The van der Waals surface area contributed by atoms with Crippen molar-refractivity contribution in [3.05, 3.63) is 53.9 Å². The summed E-state index contributed by atoms with van der Waals surface area (Å²) in [5.41, 5.74) is 5.97. The molecule has 2 heterocycles. The van der Waals surface area contributed by atoms with Crippen molar-refractivity contribution in [1.82, 2.24) is 19.9 Å². The van der Waals surface area contributed by atoms with E-state index in [4.69, 9.17) is 19.9 Å². The van der Waals surface area contributed by atoms with Crippen LogP contribution in [-0.4, -0.2) is 64.3 Å². The van der Waals surface area contributed by atoms with Crippen molar-refractivity contribution in [3.63, 3.8) is 0 Å². The second kappa shape index (κ2) is 21.3. The topological polar surface area (TPSA) is 193 Å². The Labute approximate surface area is 257 Å². The number of amides is 1. The normalized spacial score (nSPS) is 9.45. The lowest BCUT2D eigenvalue weighted by Crippen LogP contribution is -2.20. The largest absolute Gasteiger partial charge is 0.462 e. The highest BCUT2D eigenvalue weighted by molar-refractivity contribution is 5.95. The van der Waals surface area contributed by atoms with Gasteiger partial charge in [0, 0.05) is 25.5 Å². The van der Waals surface area contributed by atoms with Crippen LogP contribution in [0.15, 0.2) is 42.7 Å². The Morgan fingerprint density at radius 3 is 1.84 bits per heavy atom. The Morgan fingerprint density at radius 1 is 0.841 bits per heavy atom. The van der Waals surface area contributed by atoms with Crippen molar-refractivity contribution in [2.75, 3.05) is 48.0 Å². The average Bonchev–Trinajstić information content (AvgIpc) is 3.00. The lowest BCUT2D eigenvalue weighted by molar-refractivity contribution is 0.0517. The molecular weight excluding hydrogens is 568 g/mol. The monoisotopic (exact) mass is 608 g/mol. The summed E-state index contributed by atoms with van der Waals surface area (Å²) in [5.74, 6) is 2.55. The number of carbonyl (C=O) groups is 3. The van der Waals surface area contributed by atoms with Gasteiger partial charge in [-0.3, -0.25) is 5.32 Å². The molecule has 5 N–H and O–H groups in total. The van der Waals surface area contributed by atoms with Crippen LogP contribution in [0, 0.1) is 12.3 Å². The Morgan fingerprint density at radius 2 is 1.34 bits per heavy atom. The van der Waals surface area contributed by atoms with Gasteiger partial charge >= 0.3 is 18.0 Å². The zero-order valence-corrected chi connectivity index (χ0v) is 25.7. The molecule has 236 valence electrons. The van der Waals surface area contributed by atoms with Gasteiger partial charge in [-0.15, -0.1) is 12.3 Å². The van der Waals surface area contributed by atoms with Crippen LogP contribution >= 0.6 is 0 Å². The molecule has 2 aromatic heterocycles. The van der Waals surface area contributed by atoms with E-state index in [0.717, 1.165) is 12.8 Å². The molecule has 0 aliphatic rings. The fraction of sp³-hybridized carbons (Fsp3) is 0.367. The Kier molecular flexibility index (Phi) is 17.7. The number of hydrogen-bond acceptors (Lipinski definition) is 13. The standard InChI is InChI=1S/C17H20N4O4.C10H16N4O2.C3H4/c1-3-10-18-14-13(15(22)24-4-2)11-19-16(20-14)21-17(23)25-12-8-6-5-7-9-12;1-3-5-12-8-7(9(15)16-4-2)6-13-10(11)14-8;1-3-2/h5-9,11H,3-4,10H2,1-2H3,(H2,18,19,20,21,23);6H,3-5H2,1-2H3,(H3,11,12,13,14);1H,2H3. The van der Waals surface area contributed by atoms with Gasteiger partial charge in [-0.25, -0.2) is 24.4 Å². The summed E-state index contributed by atoms with van der Waals surface area (Å²) in [6.07, 6.45) is 8.31. The highest BCUT2D eigenvalue weighted by atomic mass is 16.6. The number of esters is 2. The number of nitrogens with zero attached hydrogens (tertiary/aromatic N) is 4. The van der Waals surface area contributed by atoms with Crippen LogP contribution in [0.5, 0.6) is 5.75 Å². The van der Waals surface area contributed by atoms with Gasteiger partial charge in [0.15, 0.2) is 0 Å². The van der Waals surface area contributed by atoms with E-state index in [2.05, 4.69) is 48.2 Å². The molecular formula is C30H40N8O6. The van der Waals surface area contributed by atoms with E-state index in [1.807, 2.05) is 19.9 Å². The second-order valence-electron chi connectivity index (χ2n) is 8.36. The Balaban J connectivity index is 0.000000437. The third-order valence-corrected chi connectivity index (χ3v) is 4.84. The van der Waals surface area contributed by atoms with Crippen molar-refractivity contribution in [3.8, 4) is 18.1 Å². The number of nitrogen functional groups attached to an aromatic ring is 1. The predicted molar refractivity (Wildman–Crippen MR) is 169 cm³/mol. The molecule has 0 atom stereocenters. The van der Waals surface area contributed by atoms with Crippen LogP contribution in [-0.2, 0) is 9.47 Å². The van der Waals surface area contributed by atoms with Gasteiger partial charge in [0.05, 0.1) is 13.2 Å². The zero-order chi connectivity index (χ0) is 32.7. The summed E-state index contributed by atoms with van der Waals surface area (Å²) in [6, 6.07) is 8.62. The van der Waals surface area contributed by atoms with Gasteiger partial charge in [-0.2, -0.15) is 9.97 Å². The lowest BCUT2D eigenvalue weighted by atomic mass is 10.3. The molecule has 3 aromatic rings. The lowest BCUT2D eigenvalue weighted by Gasteiger charge is -2.11. The van der Waals surface area contributed by atoms with Crippen molar-refractivity contribution in [1.29, 1.82) is 0 Å². The second-order valence-corrected chi connectivity index (χ2v) is 8.36. The van der Waals surface area contributed by atoms with Crippen LogP contribution in [0.4, 0.5) is 28.3 Å². The number of terminal acetylenes is 1. The molecule has 14 heteroatoms. The minimum Gasteiger partial charge on any atom is -0.462 e. The number of rotatable bonds is 12. The number of hydrogen-bond donors (Lipinski definition) is 4. The van der Waals surface area contributed by atoms with Gasteiger partial charge in [0.25, 0.3) is 0 Å². The predicted octanol–water partition coefficient (Wildman–Crippen LogP) is 4.78. The number of para-hydroxylation sites is 1. The smallest absolute Gasteiger partial charge is 0.419 e. The van der Waals surface area contributed by atoms with E-state index in [-0.39, 0.29) is 24.1 Å². The summed E-state index contributed by atoms with van der Waals surface area (Å²) < 4.78 is 15.0. The van der Waals surface area contributed by atoms with Gasteiger partial charge in [-0.05, 0) is 45.7 Å². The maximum absolute atomic E-state index is 11.9. The molecule has 0 saturated carbocycles. The number of anilines is 4. The first-order valence-corrected chi connectivity index (χ1v) is 14.0. The van der Waals surface area contributed by atoms with Gasteiger partial charge in [0.2, 0.25) is 11.9 Å². The first kappa shape index (κ1) is 36.6. The summed E-state index contributed by atoms with van der Waals surface area (Å²) in [4.78, 5) is 51.3. The fourth-order valence-electron chi connectivity index (χ4n) is 3.02. The third-order valence-electron chi connectivity index (χ3n) is 4.84. The quantitative estimate of drug-likeness (QED) is 0.162. The molecule has 0 fully saturated rings. The van der Waals surface area contributed by atoms with Gasteiger partial charge in [-0.1, -0.05) is 32.0 Å². The van der Waals surface area contributed by atoms with Gasteiger partial charge < -0.3 is 30.6 Å². The average molecular weight is 609 g/mol. The zero-order valence-electron chi connectivity index (χ0n) is 25.7. The molecule has 0 aliphatic heterocycles. The number of aromatic nitrogens is 4. The van der Waals surface area contributed by atoms with E-state index in [9.17, 15) is 14.4 Å². The van der Waals surface area contributed by atoms with Crippen molar-refractivity contribution in [2.24, 2.45) is 0 Å². The Hall–Kier alpha value is -5.45. The third kappa shape index (κ3) is 13.5. The van der Waals surface area contributed by atoms with Crippen LogP contribution in [0.25, 0.3) is 0 Å². The summed E-state index contributed by atoms with van der Waals surface area (Å²) >= 11 is 0. The van der Waals surface area contributed by atoms with Crippen molar-refractivity contribution >= 4 is 41.6 Å². The highest BCUT2D eigenvalue weighted by Crippen LogP contribution is 2.17. The molecule has 0 spiro atoms. The maximum atomic E-state index is 11.9. The van der Waals surface area contributed by atoms with Crippen molar-refractivity contribution in [2.45, 2.75) is 47.5 Å². The number of ether oxygens (including phenoxy) is 3. The first-order valence-electron chi connectivity index (χ1n) is 14.0. The molecule has 3 rings (SSSR count). The minimum absolute atomic E-state index is 0.0209. The molecule has 1 amide bonds. The van der Waals surface area contributed by atoms with Gasteiger partial charge in [0.1, 0.15) is 28.5 Å². The van der Waals surface area contributed by atoms with Crippen LogP contribution in [0.3, 0.4) is 0 Å². The van der Waals surface area contributed by atoms with Crippen LogP contribution < -0.4 is 26.4 Å². The summed E-state index contributed by atoms with van der Waals surface area (Å²) in [6.45, 7) is 11.0. The number of nitrogens with one attached hydrogen (secondary N) is 3. The molecule has 0 unspecified atom stereocenters. The van der Waals surface area contributed by atoms with Crippen LogP contribution in [0.1, 0.15) is 68.2 Å². The number of nitrogens with two attached hydrogens (primary N) is 1. The van der Waals surface area contributed by atoms with Crippen LogP contribution in [0.2, 0.25) is 0 Å². The summed E-state index contributed by atoms with van der Waals surface area (Å²) in [7, 11) is 0. The van der Waals surface area contributed by atoms with E-state index in [0.29, 0.717) is 42.6 Å². The van der Waals surface area contributed by atoms with Crippen molar-refractivity contribution < 1.29 is 28.6 Å². The molecule has 1 aromatic carbocycles. The molecule has 44 heavy (non-hydrogen) atoms. The van der Waals surface area contributed by atoms with E-state index in [1.54, 1.807) is 45.0 Å². The van der Waals surface area contributed by atoms with E-state index >= 15 is 0 Å². The maximum Gasteiger partial charge on any atom is 0.419 e. The number of carbonyl (C=O) groups excluding carboxylic acids is 3. The fourth-order valence-corrected chi connectivity index (χ4v) is 3.02. The van der Waals surface area contributed by atoms with E-state index < -0.39 is 18.0 Å². The SMILES string of the molecule is C#CC.CCCNc1nc(N)ncc1C(=O)OCC.CCCNc1nc(NC(=O)Oc2ccccc2)ncc1C(=O)OCC.